The van der Waals surface area contributed by atoms with Crippen molar-refractivity contribution in [3.05, 3.63) is 48.0 Å². The molecule has 2 nitrogen and oxygen atoms in total. The van der Waals surface area contributed by atoms with Crippen LogP contribution in [0.15, 0.2) is 42.5 Å². The van der Waals surface area contributed by atoms with E-state index in [1.54, 1.807) is 0 Å². The van der Waals surface area contributed by atoms with Gasteiger partial charge in [0.1, 0.15) is 0 Å². The minimum absolute atomic E-state index is 0.178. The van der Waals surface area contributed by atoms with Crippen LogP contribution in [0.2, 0.25) is 0 Å². The minimum Gasteiger partial charge on any atom is -0.481 e. The van der Waals surface area contributed by atoms with Crippen LogP contribution in [0.25, 0.3) is 0 Å². The summed E-state index contributed by atoms with van der Waals surface area (Å²) in [7, 11) is 0. The van der Waals surface area contributed by atoms with Gasteiger partial charge in [0.15, 0.2) is 0 Å². The van der Waals surface area contributed by atoms with Crippen LogP contribution in [0.4, 0.5) is 0 Å². The van der Waals surface area contributed by atoms with Crippen LogP contribution in [0.5, 0.6) is 0 Å². The molecule has 2 aliphatic rings. The Kier molecular flexibility index (Phi) is 1.93. The standard InChI is InChI=1S/C14H14O2/c15-13(16)14(11-4-2-1-3-5-11)9-10-6-7-12(14)8-10/h1-7,10,12H,8-9H2,(H,15,16). The molecule has 1 aromatic rings. The Bertz CT molecular complexity index is 449. The number of rotatable bonds is 2. The van der Waals surface area contributed by atoms with Gasteiger partial charge in [-0.1, -0.05) is 42.5 Å². The highest BCUT2D eigenvalue weighted by atomic mass is 16.4. The molecule has 0 radical (unpaired) electrons. The van der Waals surface area contributed by atoms with Crippen molar-refractivity contribution in [1.82, 2.24) is 0 Å². The lowest BCUT2D eigenvalue weighted by atomic mass is 9.70. The minimum atomic E-state index is -0.671. The number of allylic oxidation sites excluding steroid dienone is 2. The van der Waals surface area contributed by atoms with Crippen molar-refractivity contribution in [3.8, 4) is 0 Å². The van der Waals surface area contributed by atoms with E-state index in [0.717, 1.165) is 18.4 Å². The number of carboxylic acid groups (broad SMARTS) is 1. The number of carboxylic acids is 1. The van der Waals surface area contributed by atoms with E-state index in [1.165, 1.54) is 0 Å². The fourth-order valence-electron chi connectivity index (χ4n) is 3.29. The van der Waals surface area contributed by atoms with Crippen LogP contribution in [0, 0.1) is 11.8 Å². The van der Waals surface area contributed by atoms with Gasteiger partial charge in [-0.25, -0.2) is 0 Å². The maximum absolute atomic E-state index is 11.7. The van der Waals surface area contributed by atoms with E-state index in [1.807, 2.05) is 30.3 Å². The van der Waals surface area contributed by atoms with Gasteiger partial charge in [-0.3, -0.25) is 4.79 Å². The number of carbonyl (C=O) groups is 1. The number of hydrogen-bond donors (Lipinski definition) is 1. The number of aliphatic carboxylic acids is 1. The summed E-state index contributed by atoms with van der Waals surface area (Å²) >= 11 is 0. The Morgan fingerprint density at radius 3 is 2.50 bits per heavy atom. The van der Waals surface area contributed by atoms with Gasteiger partial charge in [-0.15, -0.1) is 0 Å². The molecule has 3 rings (SSSR count). The maximum atomic E-state index is 11.7. The van der Waals surface area contributed by atoms with Gasteiger partial charge < -0.3 is 5.11 Å². The molecule has 2 heteroatoms. The largest absolute Gasteiger partial charge is 0.481 e. The molecule has 2 aliphatic carbocycles. The van der Waals surface area contributed by atoms with E-state index < -0.39 is 11.4 Å². The summed E-state index contributed by atoms with van der Waals surface area (Å²) in [5, 5.41) is 9.61. The molecular formula is C14H14O2. The molecule has 0 aromatic heterocycles. The third-order valence-electron chi connectivity index (χ3n) is 4.06. The first-order valence-electron chi connectivity index (χ1n) is 5.71. The fraction of sp³-hybridized carbons (Fsp3) is 0.357. The average molecular weight is 214 g/mol. The number of benzene rings is 1. The highest BCUT2D eigenvalue weighted by Crippen LogP contribution is 2.53. The first-order chi connectivity index (χ1) is 7.73. The summed E-state index contributed by atoms with van der Waals surface area (Å²) in [4.78, 5) is 11.7. The van der Waals surface area contributed by atoms with Crippen LogP contribution in [-0.2, 0) is 10.2 Å². The third-order valence-corrected chi connectivity index (χ3v) is 4.06. The SMILES string of the molecule is O=C(O)C1(c2ccccc2)CC2C=CC1C2. The predicted molar refractivity (Wildman–Crippen MR) is 61.1 cm³/mol. The summed E-state index contributed by atoms with van der Waals surface area (Å²) in [5.74, 6) is -0.0331. The summed E-state index contributed by atoms with van der Waals surface area (Å²) in [6.45, 7) is 0. The molecule has 0 saturated heterocycles. The average Bonchev–Trinajstić information content (AvgIpc) is 2.90. The van der Waals surface area contributed by atoms with Gasteiger partial charge in [0.05, 0.1) is 5.41 Å². The zero-order valence-corrected chi connectivity index (χ0v) is 8.97. The van der Waals surface area contributed by atoms with Gasteiger partial charge in [0.2, 0.25) is 0 Å². The smallest absolute Gasteiger partial charge is 0.314 e. The van der Waals surface area contributed by atoms with Crippen LogP contribution >= 0.6 is 0 Å². The molecule has 1 saturated carbocycles. The van der Waals surface area contributed by atoms with Crippen molar-refractivity contribution < 1.29 is 9.90 Å². The lowest BCUT2D eigenvalue weighted by Gasteiger charge is -2.31. The molecule has 3 atom stereocenters. The number of hydrogen-bond acceptors (Lipinski definition) is 1. The zero-order valence-electron chi connectivity index (χ0n) is 8.97. The quantitative estimate of drug-likeness (QED) is 0.768. The molecule has 1 N–H and O–H groups in total. The molecular weight excluding hydrogens is 200 g/mol. The molecule has 3 unspecified atom stereocenters. The van der Waals surface area contributed by atoms with Gasteiger partial charge >= 0.3 is 5.97 Å². The van der Waals surface area contributed by atoms with E-state index in [-0.39, 0.29) is 5.92 Å². The Balaban J connectivity index is 2.12. The highest BCUT2D eigenvalue weighted by Gasteiger charge is 2.54. The molecule has 0 amide bonds. The lowest BCUT2D eigenvalue weighted by Crippen LogP contribution is -2.39. The molecule has 2 bridgehead atoms. The Labute approximate surface area is 94.6 Å². The van der Waals surface area contributed by atoms with Crippen LogP contribution in [0.1, 0.15) is 18.4 Å². The van der Waals surface area contributed by atoms with E-state index >= 15 is 0 Å². The van der Waals surface area contributed by atoms with Crippen molar-refractivity contribution in [3.63, 3.8) is 0 Å². The Morgan fingerprint density at radius 2 is 2.00 bits per heavy atom. The van der Waals surface area contributed by atoms with Crippen LogP contribution in [-0.4, -0.2) is 11.1 Å². The van der Waals surface area contributed by atoms with E-state index in [2.05, 4.69) is 12.2 Å². The Morgan fingerprint density at radius 1 is 1.25 bits per heavy atom. The number of fused-ring (bicyclic) bond motifs is 2. The first kappa shape index (κ1) is 9.64. The van der Waals surface area contributed by atoms with Gasteiger partial charge in [-0.2, -0.15) is 0 Å². The molecule has 0 heterocycles. The zero-order chi connectivity index (χ0) is 11.2. The van der Waals surface area contributed by atoms with Crippen LogP contribution in [0.3, 0.4) is 0 Å². The summed E-state index contributed by atoms with van der Waals surface area (Å²) in [5.41, 5.74) is 0.292. The monoisotopic (exact) mass is 214 g/mol. The van der Waals surface area contributed by atoms with Gasteiger partial charge in [0.25, 0.3) is 0 Å². The Hall–Kier alpha value is -1.57. The van der Waals surface area contributed by atoms with Crippen molar-refractivity contribution in [2.75, 3.05) is 0 Å². The highest BCUT2D eigenvalue weighted by molar-refractivity contribution is 5.83. The predicted octanol–water partition coefficient (Wildman–Crippen LogP) is 2.61. The summed E-state index contributed by atoms with van der Waals surface area (Å²) in [6, 6.07) is 9.68. The normalized spacial score (nSPS) is 35.5. The van der Waals surface area contributed by atoms with E-state index in [9.17, 15) is 9.90 Å². The van der Waals surface area contributed by atoms with E-state index in [0.29, 0.717) is 5.92 Å². The maximum Gasteiger partial charge on any atom is 0.314 e. The van der Waals surface area contributed by atoms with Crippen molar-refractivity contribution in [1.29, 1.82) is 0 Å². The summed E-state index contributed by atoms with van der Waals surface area (Å²) < 4.78 is 0. The van der Waals surface area contributed by atoms with Crippen LogP contribution < -0.4 is 0 Å². The molecule has 82 valence electrons. The second kappa shape index (κ2) is 3.21. The fourth-order valence-corrected chi connectivity index (χ4v) is 3.29. The van der Waals surface area contributed by atoms with Crippen molar-refractivity contribution >= 4 is 5.97 Å². The first-order valence-corrected chi connectivity index (χ1v) is 5.71. The van der Waals surface area contributed by atoms with Crippen molar-refractivity contribution in [2.24, 2.45) is 11.8 Å². The second-order valence-electron chi connectivity index (χ2n) is 4.83. The molecule has 0 spiro atoms. The second-order valence-corrected chi connectivity index (χ2v) is 4.83. The molecule has 16 heavy (non-hydrogen) atoms. The lowest BCUT2D eigenvalue weighted by molar-refractivity contribution is -0.145. The third kappa shape index (κ3) is 1.10. The van der Waals surface area contributed by atoms with E-state index in [4.69, 9.17) is 0 Å². The van der Waals surface area contributed by atoms with Crippen molar-refractivity contribution in [2.45, 2.75) is 18.3 Å². The van der Waals surface area contributed by atoms with Gasteiger partial charge in [-0.05, 0) is 30.2 Å². The van der Waals surface area contributed by atoms with Gasteiger partial charge in [0, 0.05) is 0 Å². The molecule has 0 aliphatic heterocycles. The topological polar surface area (TPSA) is 37.3 Å². The molecule has 1 fully saturated rings. The summed E-state index contributed by atoms with van der Waals surface area (Å²) in [6.07, 6.45) is 6.03. The molecule has 1 aromatic carbocycles.